The van der Waals surface area contributed by atoms with Gasteiger partial charge in [-0.1, -0.05) is 91.0 Å². The molecule has 1 heterocycles. The second kappa shape index (κ2) is 13.4. The van der Waals surface area contributed by atoms with Gasteiger partial charge in [-0.25, -0.2) is 14.2 Å². The Morgan fingerprint density at radius 1 is 0.821 bits per heavy atom. The quantitative estimate of drug-likeness (QED) is 0.134. The van der Waals surface area contributed by atoms with Gasteiger partial charge in [0.1, 0.15) is 11.9 Å². The molecule has 206 valence electrons. The van der Waals surface area contributed by atoms with Crippen molar-refractivity contribution in [3.05, 3.63) is 120 Å². The van der Waals surface area contributed by atoms with E-state index in [0.29, 0.717) is 5.82 Å². The van der Waals surface area contributed by atoms with Crippen LogP contribution in [0.2, 0.25) is 0 Å². The molecular weight excluding hydrogens is 533 g/mol. The predicted molar refractivity (Wildman–Crippen MR) is 153 cm³/mol. The second-order valence-corrected chi connectivity index (χ2v) is 12.0. The molecule has 0 radical (unpaired) electrons. The molecule has 39 heavy (non-hydrogen) atoms. The van der Waals surface area contributed by atoms with Crippen molar-refractivity contribution in [1.29, 1.82) is 0 Å². The van der Waals surface area contributed by atoms with Crippen molar-refractivity contribution in [3.63, 3.8) is 0 Å². The average molecular weight is 568 g/mol. The fourth-order valence-corrected chi connectivity index (χ4v) is 6.68. The number of nitrogens with zero attached hydrogens (tertiary/aromatic N) is 3. The average Bonchev–Trinajstić information content (AvgIpc) is 3.43. The van der Waals surface area contributed by atoms with Crippen molar-refractivity contribution >= 4 is 18.6 Å². The number of rotatable bonds is 14. The first-order chi connectivity index (χ1) is 18.9. The third-order valence-electron chi connectivity index (χ3n) is 6.32. The Bertz CT molecular complexity index is 1280. The summed E-state index contributed by atoms with van der Waals surface area (Å²) in [5.41, 5.74) is 2.19. The van der Waals surface area contributed by atoms with Crippen LogP contribution >= 0.6 is 7.82 Å². The van der Waals surface area contributed by atoms with Crippen molar-refractivity contribution in [2.24, 2.45) is 0 Å². The molecule has 2 unspecified atom stereocenters. The van der Waals surface area contributed by atoms with Crippen LogP contribution in [0.5, 0.6) is 0 Å². The fourth-order valence-electron chi connectivity index (χ4n) is 4.66. The largest absolute Gasteiger partial charge is 0.474 e. The van der Waals surface area contributed by atoms with E-state index in [1.807, 2.05) is 59.3 Å². The summed E-state index contributed by atoms with van der Waals surface area (Å²) in [5, 5.41) is 4.39. The van der Waals surface area contributed by atoms with E-state index >= 15 is 0 Å². The maximum Gasteiger partial charge on any atom is 0.474 e. The normalized spacial score (nSPS) is 13.7. The highest BCUT2D eigenvalue weighted by Crippen LogP contribution is 2.49. The van der Waals surface area contributed by atoms with Gasteiger partial charge in [0.05, 0.1) is 25.1 Å². The van der Waals surface area contributed by atoms with Crippen LogP contribution in [0.25, 0.3) is 0 Å². The Kier molecular flexibility index (Phi) is 9.99. The lowest BCUT2D eigenvalue weighted by atomic mass is 9.77. The van der Waals surface area contributed by atoms with Gasteiger partial charge in [0.15, 0.2) is 5.82 Å². The lowest BCUT2D eigenvalue weighted by Crippen LogP contribution is -2.38. The van der Waals surface area contributed by atoms with Gasteiger partial charge in [-0.2, -0.15) is 5.10 Å². The van der Waals surface area contributed by atoms with Crippen LogP contribution in [0, 0.1) is 0 Å². The molecule has 0 saturated carbocycles. The minimum Gasteiger partial charge on any atom is -0.287 e. The van der Waals surface area contributed by atoms with Gasteiger partial charge >= 0.3 is 7.82 Å². The highest BCUT2D eigenvalue weighted by molar-refractivity contribution is 7.84. The minimum atomic E-state index is -3.68. The zero-order valence-electron chi connectivity index (χ0n) is 22.4. The van der Waals surface area contributed by atoms with E-state index in [0.717, 1.165) is 16.7 Å². The Labute approximate surface area is 232 Å². The van der Waals surface area contributed by atoms with Gasteiger partial charge in [-0.15, -0.1) is 0 Å². The van der Waals surface area contributed by atoms with Crippen molar-refractivity contribution in [2.45, 2.75) is 31.1 Å². The standard InChI is InChI=1S/C29H34N3O5PS/c1-4-35-38(33,36-5-2)37-22-21-27(39(3)34)28-30-23-32(31-28)29(24-15-9-6-10-16-24,25-17-11-7-12-18-25)26-19-13-8-14-20-26/h6-20,23,27H,4-5,21-22H2,1-3H3. The highest BCUT2D eigenvalue weighted by Gasteiger charge is 2.40. The van der Waals surface area contributed by atoms with Crippen molar-refractivity contribution in [3.8, 4) is 0 Å². The molecule has 1 aromatic heterocycles. The molecule has 4 rings (SSSR count). The van der Waals surface area contributed by atoms with Gasteiger partial charge in [0.25, 0.3) is 0 Å². The zero-order valence-corrected chi connectivity index (χ0v) is 24.1. The van der Waals surface area contributed by atoms with Crippen LogP contribution in [-0.2, 0) is 34.5 Å². The third kappa shape index (κ3) is 6.45. The molecule has 10 heteroatoms. The number of hydrogen-bond acceptors (Lipinski definition) is 7. The Morgan fingerprint density at radius 2 is 1.28 bits per heavy atom. The van der Waals surface area contributed by atoms with E-state index in [-0.39, 0.29) is 26.2 Å². The third-order valence-corrected chi connectivity index (χ3v) is 9.22. The molecule has 0 bridgehead atoms. The first kappa shape index (κ1) is 29.1. The minimum absolute atomic E-state index is 0.0112. The summed E-state index contributed by atoms with van der Waals surface area (Å²) in [7, 11) is -5.01. The molecule has 3 aromatic carbocycles. The number of phosphoric acid groups is 1. The van der Waals surface area contributed by atoms with Gasteiger partial charge in [0.2, 0.25) is 0 Å². The molecule has 0 aliphatic rings. The number of hydrogen-bond donors (Lipinski definition) is 0. The van der Waals surface area contributed by atoms with E-state index in [1.54, 1.807) is 26.4 Å². The van der Waals surface area contributed by atoms with Gasteiger partial charge < -0.3 is 0 Å². The molecule has 0 saturated heterocycles. The predicted octanol–water partition coefficient (Wildman–Crippen LogP) is 6.13. The van der Waals surface area contributed by atoms with Gasteiger partial charge in [0, 0.05) is 17.1 Å². The van der Waals surface area contributed by atoms with E-state index < -0.39 is 29.4 Å². The maximum absolute atomic E-state index is 12.9. The summed E-state index contributed by atoms with van der Waals surface area (Å²) in [6.45, 7) is 3.82. The van der Waals surface area contributed by atoms with E-state index in [9.17, 15) is 8.77 Å². The zero-order chi connectivity index (χ0) is 27.7. The Morgan fingerprint density at radius 3 is 1.69 bits per heavy atom. The molecule has 0 spiro atoms. The van der Waals surface area contributed by atoms with Crippen LogP contribution in [0.3, 0.4) is 0 Å². The van der Waals surface area contributed by atoms with Crippen LogP contribution in [0.1, 0.15) is 48.0 Å². The van der Waals surface area contributed by atoms with Crippen molar-refractivity contribution < 1.29 is 22.3 Å². The lowest BCUT2D eigenvalue weighted by molar-refractivity contribution is 0.120. The van der Waals surface area contributed by atoms with Crippen LogP contribution < -0.4 is 0 Å². The van der Waals surface area contributed by atoms with Gasteiger partial charge in [-0.05, 0) is 37.0 Å². The molecule has 0 N–H and O–H groups in total. The number of phosphoric ester groups is 1. The topological polar surface area (TPSA) is 92.5 Å². The SMILES string of the molecule is CCOP(=O)(OCC)OCCC(c1ncn(C(c2ccccc2)(c2ccccc2)c2ccccc2)n1)S(C)=O. The molecule has 0 fully saturated rings. The first-order valence-corrected chi connectivity index (χ1v) is 16.0. The Balaban J connectivity index is 1.76. The highest BCUT2D eigenvalue weighted by atomic mass is 32.2. The van der Waals surface area contributed by atoms with E-state index in [2.05, 4.69) is 41.4 Å². The number of benzene rings is 3. The van der Waals surface area contributed by atoms with Crippen LogP contribution in [0.4, 0.5) is 0 Å². The summed E-state index contributed by atoms with van der Waals surface area (Å²) >= 11 is 0. The fraction of sp³-hybridized carbons (Fsp3) is 0.310. The lowest BCUT2D eigenvalue weighted by Gasteiger charge is -2.36. The molecular formula is C29H34N3O5PS. The van der Waals surface area contributed by atoms with E-state index in [4.69, 9.17) is 18.7 Å². The van der Waals surface area contributed by atoms with Crippen molar-refractivity contribution in [2.75, 3.05) is 26.1 Å². The second-order valence-electron chi connectivity index (χ2n) is 8.75. The summed E-state index contributed by atoms with van der Waals surface area (Å²) < 4.78 is 43.4. The molecule has 0 aliphatic carbocycles. The summed E-state index contributed by atoms with van der Waals surface area (Å²) in [6, 6.07) is 30.4. The summed E-state index contributed by atoms with van der Waals surface area (Å²) in [4.78, 5) is 4.64. The monoisotopic (exact) mass is 567 g/mol. The van der Waals surface area contributed by atoms with Crippen LogP contribution in [-0.4, -0.2) is 45.0 Å². The maximum atomic E-state index is 12.9. The smallest absolute Gasteiger partial charge is 0.287 e. The van der Waals surface area contributed by atoms with Crippen molar-refractivity contribution in [1.82, 2.24) is 14.8 Å². The summed E-state index contributed by atoms with van der Waals surface area (Å²) in [5.74, 6) is 0.411. The first-order valence-electron chi connectivity index (χ1n) is 12.9. The van der Waals surface area contributed by atoms with E-state index in [1.165, 1.54) is 0 Å². The molecule has 0 aliphatic heterocycles. The molecule has 0 amide bonds. The molecule has 8 nitrogen and oxygen atoms in total. The number of aromatic nitrogens is 3. The Hall–Kier alpha value is -2.94. The molecule has 4 aromatic rings. The van der Waals surface area contributed by atoms with Gasteiger partial charge in [-0.3, -0.25) is 17.8 Å². The molecule has 2 atom stereocenters. The summed E-state index contributed by atoms with van der Waals surface area (Å²) in [6.07, 6.45) is 3.56. The van der Waals surface area contributed by atoms with Crippen LogP contribution in [0.15, 0.2) is 97.3 Å².